The number of hydrogen-bond acceptors (Lipinski definition) is 1. The van der Waals surface area contributed by atoms with Crippen LogP contribution in [0.3, 0.4) is 0 Å². The fourth-order valence-corrected chi connectivity index (χ4v) is 4.14. The summed E-state index contributed by atoms with van der Waals surface area (Å²) in [5.41, 5.74) is 7.43. The van der Waals surface area contributed by atoms with E-state index in [2.05, 4.69) is 69.3 Å². The molecule has 0 saturated heterocycles. The molecule has 4 heteroatoms. The van der Waals surface area contributed by atoms with Crippen molar-refractivity contribution in [3.05, 3.63) is 143 Å². The van der Waals surface area contributed by atoms with E-state index in [4.69, 9.17) is 0 Å². The number of aliphatic hydroxyl groups is 1. The van der Waals surface area contributed by atoms with Crippen LogP contribution < -0.4 is 24.8 Å². The fourth-order valence-electron chi connectivity index (χ4n) is 4.14. The number of hydrogen-bond donors (Lipinski definition) is 1. The Bertz CT molecular complexity index is 1230. The summed E-state index contributed by atoms with van der Waals surface area (Å²) in [5.74, 6) is 0.412. The van der Waals surface area contributed by atoms with E-state index in [0.717, 1.165) is 11.1 Å². The van der Waals surface area contributed by atoms with E-state index < -0.39 is 6.10 Å². The summed E-state index contributed by atoms with van der Waals surface area (Å²) in [5, 5.41) is 12.5. The third-order valence-electron chi connectivity index (χ3n) is 6.31. The Hall–Kier alpha value is -2.13. The minimum Gasteiger partial charge on any atom is -1.00 e. The first-order valence-electron chi connectivity index (χ1n) is 11.1. The van der Waals surface area contributed by atoms with Gasteiger partial charge >= 0.3 is 21.7 Å². The van der Waals surface area contributed by atoms with Crippen LogP contribution >= 0.6 is 0 Å². The second-order valence-corrected chi connectivity index (χ2v) is 8.36. The van der Waals surface area contributed by atoms with Crippen molar-refractivity contribution in [2.45, 2.75) is 32.8 Å². The number of rotatable bonds is 3. The molecular formula is C31H29Cl2OTi. The number of allylic oxidation sites excluding steroid dienone is 4. The second kappa shape index (κ2) is 14.4. The average Bonchev–Trinajstić information content (AvgIpc) is 3.12. The van der Waals surface area contributed by atoms with Gasteiger partial charge in [-0.15, -0.1) is 46.7 Å². The summed E-state index contributed by atoms with van der Waals surface area (Å²) < 4.78 is 0. The minimum absolute atomic E-state index is 0. The van der Waals surface area contributed by atoms with Crippen LogP contribution in [0.15, 0.2) is 120 Å². The summed E-state index contributed by atoms with van der Waals surface area (Å²) in [4.78, 5) is 0. The predicted molar refractivity (Wildman–Crippen MR) is 135 cm³/mol. The van der Waals surface area contributed by atoms with E-state index in [-0.39, 0.29) is 46.5 Å². The zero-order chi connectivity index (χ0) is 22.5. The van der Waals surface area contributed by atoms with E-state index >= 15 is 0 Å². The van der Waals surface area contributed by atoms with Gasteiger partial charge in [0.15, 0.2) is 0 Å². The number of aliphatic hydroxyl groups excluding tert-OH is 1. The van der Waals surface area contributed by atoms with Gasteiger partial charge in [0.25, 0.3) is 0 Å². The van der Waals surface area contributed by atoms with Gasteiger partial charge in [-0.2, -0.15) is 0 Å². The van der Waals surface area contributed by atoms with Crippen LogP contribution in [0.5, 0.6) is 0 Å². The van der Waals surface area contributed by atoms with Crippen LogP contribution in [-0.4, -0.2) is 5.11 Å². The monoisotopic (exact) mass is 535 g/mol. The fraction of sp³-hybridized carbons (Fsp3) is 0.161. The molecule has 0 heterocycles. The minimum atomic E-state index is -0.516. The van der Waals surface area contributed by atoms with Crippen molar-refractivity contribution in [2.75, 3.05) is 0 Å². The first kappa shape index (κ1) is 30.9. The molecule has 5 rings (SSSR count). The Balaban J connectivity index is 0.000000331. The molecule has 35 heavy (non-hydrogen) atoms. The molecule has 1 unspecified atom stereocenters. The first-order valence-corrected chi connectivity index (χ1v) is 11.1. The molecule has 0 bridgehead atoms. The molecule has 4 aromatic carbocycles. The molecular weight excluding hydrogens is 507 g/mol. The Morgan fingerprint density at radius 2 is 1.20 bits per heavy atom. The number of halogens is 2. The Labute approximate surface area is 236 Å². The molecule has 0 fully saturated rings. The van der Waals surface area contributed by atoms with Gasteiger partial charge in [0, 0.05) is 5.92 Å². The van der Waals surface area contributed by atoms with Crippen molar-refractivity contribution < 1.29 is 51.6 Å². The molecule has 0 aromatic heterocycles. The van der Waals surface area contributed by atoms with E-state index in [1.54, 1.807) is 0 Å². The molecule has 0 amide bonds. The van der Waals surface area contributed by atoms with Gasteiger partial charge in [-0.1, -0.05) is 90.0 Å². The standard InChI is InChI=1S/C18H17.C13H12O.2ClH.Ti/c1-12-10-18(14(3)13(12)2)17-9-8-15-6-4-5-7-16(15)11-17;14-13(11-7-3-1-4-8-11)12-9-5-2-6-10-12;;;/h4-10,18H,1-3H3;1-10,13-14H;2*1H;/q-1;;;;+3/p-2. The van der Waals surface area contributed by atoms with Crippen LogP contribution in [0.25, 0.3) is 10.8 Å². The first-order chi connectivity index (χ1) is 15.5. The van der Waals surface area contributed by atoms with E-state index in [0.29, 0.717) is 5.92 Å². The summed E-state index contributed by atoms with van der Waals surface area (Å²) in [6.45, 7) is 6.64. The molecule has 1 aliphatic rings. The van der Waals surface area contributed by atoms with Crippen LogP contribution in [0.4, 0.5) is 0 Å². The van der Waals surface area contributed by atoms with Crippen LogP contribution in [0.1, 0.15) is 49.5 Å². The quantitative estimate of drug-likeness (QED) is 0.313. The number of fused-ring (bicyclic) bond motifs is 1. The van der Waals surface area contributed by atoms with Gasteiger partial charge in [-0.3, -0.25) is 0 Å². The zero-order valence-electron chi connectivity index (χ0n) is 20.2. The van der Waals surface area contributed by atoms with Gasteiger partial charge < -0.3 is 29.9 Å². The molecule has 177 valence electrons. The smallest absolute Gasteiger partial charge is 1.00 e. The van der Waals surface area contributed by atoms with Crippen LogP contribution in [0.2, 0.25) is 0 Å². The van der Waals surface area contributed by atoms with Gasteiger partial charge in [0.2, 0.25) is 0 Å². The van der Waals surface area contributed by atoms with Crippen molar-refractivity contribution >= 4 is 10.8 Å². The molecule has 0 aliphatic heterocycles. The Kier molecular flexibility index (Phi) is 12.7. The summed E-state index contributed by atoms with van der Waals surface area (Å²) in [6, 6.07) is 35.7. The predicted octanol–water partition coefficient (Wildman–Crippen LogP) is 1.79. The Morgan fingerprint density at radius 1 is 0.686 bits per heavy atom. The molecule has 0 spiro atoms. The normalized spacial score (nSPS) is 14.2. The molecule has 1 aliphatic carbocycles. The molecule has 4 aromatic rings. The zero-order valence-corrected chi connectivity index (χ0v) is 23.2. The largest absolute Gasteiger partial charge is 3.00 e. The second-order valence-electron chi connectivity index (χ2n) is 8.36. The van der Waals surface area contributed by atoms with Gasteiger partial charge in [-0.05, 0) is 37.5 Å². The third kappa shape index (κ3) is 7.43. The van der Waals surface area contributed by atoms with Crippen molar-refractivity contribution in [1.29, 1.82) is 0 Å². The molecule has 1 radical (unpaired) electrons. The SMILES string of the molecule is CC1=CC(c2[c-]c3ccccc3cc2)C(C)=C1C.OC(c1ccccc1)c1ccccc1.[Cl-].[Cl-].[Ti+3]. The van der Waals surface area contributed by atoms with Gasteiger partial charge in [0.05, 0.1) is 0 Å². The average molecular weight is 536 g/mol. The Morgan fingerprint density at radius 3 is 1.71 bits per heavy atom. The third-order valence-corrected chi connectivity index (χ3v) is 6.31. The molecule has 1 nitrogen and oxygen atoms in total. The molecule has 0 saturated carbocycles. The maximum absolute atomic E-state index is 9.99. The van der Waals surface area contributed by atoms with Gasteiger partial charge in [0.1, 0.15) is 6.10 Å². The number of benzene rings is 4. The topological polar surface area (TPSA) is 20.2 Å². The maximum Gasteiger partial charge on any atom is 3.00 e. The van der Waals surface area contributed by atoms with Crippen molar-refractivity contribution in [3.63, 3.8) is 0 Å². The van der Waals surface area contributed by atoms with Crippen molar-refractivity contribution in [1.82, 2.24) is 0 Å². The maximum atomic E-state index is 9.99. The summed E-state index contributed by atoms with van der Waals surface area (Å²) in [7, 11) is 0. The summed E-state index contributed by atoms with van der Waals surface area (Å²) >= 11 is 0. The van der Waals surface area contributed by atoms with Crippen molar-refractivity contribution in [3.8, 4) is 0 Å². The van der Waals surface area contributed by atoms with E-state index in [1.807, 2.05) is 60.7 Å². The molecule has 1 N–H and O–H groups in total. The van der Waals surface area contributed by atoms with E-state index in [1.165, 1.54) is 33.1 Å². The van der Waals surface area contributed by atoms with E-state index in [9.17, 15) is 5.11 Å². The van der Waals surface area contributed by atoms with Gasteiger partial charge in [-0.25, -0.2) is 0 Å². The van der Waals surface area contributed by atoms with Crippen LogP contribution in [0, 0.1) is 6.07 Å². The summed E-state index contributed by atoms with van der Waals surface area (Å²) in [6.07, 6.45) is 1.84. The van der Waals surface area contributed by atoms with Crippen LogP contribution in [-0.2, 0) is 21.7 Å². The van der Waals surface area contributed by atoms with Crippen molar-refractivity contribution in [2.24, 2.45) is 0 Å². The molecule has 1 atom stereocenters.